The molecule has 1 amide bonds. The lowest BCUT2D eigenvalue weighted by Crippen LogP contribution is -2.33. The molecule has 0 aliphatic heterocycles. The Hall–Kier alpha value is -2.14. The normalized spacial score (nSPS) is 10.8. The van der Waals surface area contributed by atoms with Gasteiger partial charge >= 0.3 is 5.97 Å². The number of benzene rings is 1. The zero-order chi connectivity index (χ0) is 19.0. The highest BCUT2D eigenvalue weighted by molar-refractivity contribution is 5.92. The highest BCUT2D eigenvalue weighted by Gasteiger charge is 2.13. The Morgan fingerprint density at radius 3 is 2.46 bits per heavy atom. The van der Waals surface area contributed by atoms with Crippen LogP contribution in [0, 0.1) is 0 Å². The first-order valence-corrected chi connectivity index (χ1v) is 9.42. The summed E-state index contributed by atoms with van der Waals surface area (Å²) in [5.74, 6) is -0.386. The minimum Gasteiger partial charge on any atom is -0.466 e. The predicted octanol–water partition coefficient (Wildman–Crippen LogP) is 3.69. The lowest BCUT2D eigenvalue weighted by molar-refractivity contribution is -0.143. The van der Waals surface area contributed by atoms with Crippen molar-refractivity contribution in [3.05, 3.63) is 42.0 Å². The molecule has 0 N–H and O–H groups in total. The average Bonchev–Trinajstić information content (AvgIpc) is 2.66. The zero-order valence-electron chi connectivity index (χ0n) is 16.0. The molecule has 0 spiro atoms. The molecule has 0 aliphatic carbocycles. The fourth-order valence-corrected chi connectivity index (χ4v) is 2.33. The van der Waals surface area contributed by atoms with Gasteiger partial charge < -0.3 is 14.4 Å². The third kappa shape index (κ3) is 9.99. The van der Waals surface area contributed by atoms with Crippen LogP contribution in [0.5, 0.6) is 0 Å². The molecule has 0 heterocycles. The summed E-state index contributed by atoms with van der Waals surface area (Å²) in [5, 5.41) is 0. The van der Waals surface area contributed by atoms with Gasteiger partial charge in [-0.2, -0.15) is 0 Å². The number of nitrogens with zero attached hydrogens (tertiary/aromatic N) is 1. The number of unbranched alkanes of at least 4 members (excludes halogenated alkanes) is 1. The van der Waals surface area contributed by atoms with Gasteiger partial charge in [0.25, 0.3) is 0 Å². The maximum absolute atomic E-state index is 12.5. The number of ether oxygens (including phenoxy) is 2. The highest BCUT2D eigenvalue weighted by atomic mass is 16.5. The van der Waals surface area contributed by atoms with Crippen molar-refractivity contribution in [1.29, 1.82) is 0 Å². The summed E-state index contributed by atoms with van der Waals surface area (Å²) in [6.07, 6.45) is 6.45. The second-order valence-corrected chi connectivity index (χ2v) is 5.94. The van der Waals surface area contributed by atoms with E-state index in [0.717, 1.165) is 31.4 Å². The van der Waals surface area contributed by atoms with Gasteiger partial charge in [0.15, 0.2) is 0 Å². The first kappa shape index (κ1) is 21.9. The minimum atomic E-state index is -0.281. The number of carbonyl (C=O) groups is 2. The molecule has 0 radical (unpaired) electrons. The number of hydrogen-bond donors (Lipinski definition) is 0. The third-order valence-corrected chi connectivity index (χ3v) is 3.78. The van der Waals surface area contributed by atoms with Crippen molar-refractivity contribution in [2.75, 3.05) is 32.9 Å². The van der Waals surface area contributed by atoms with Crippen LogP contribution < -0.4 is 0 Å². The summed E-state index contributed by atoms with van der Waals surface area (Å²) >= 11 is 0. The maximum atomic E-state index is 12.5. The molecule has 0 atom stereocenters. The van der Waals surface area contributed by atoms with E-state index in [1.54, 1.807) is 24.0 Å². The number of hydrogen-bond acceptors (Lipinski definition) is 4. The summed E-state index contributed by atoms with van der Waals surface area (Å²) in [5.41, 5.74) is 0.967. The van der Waals surface area contributed by atoms with Crippen LogP contribution in [0.15, 0.2) is 36.4 Å². The van der Waals surface area contributed by atoms with Gasteiger partial charge in [0, 0.05) is 32.4 Å². The lowest BCUT2D eigenvalue weighted by Gasteiger charge is -2.21. The number of amides is 1. The predicted molar refractivity (Wildman–Crippen MR) is 104 cm³/mol. The second kappa shape index (κ2) is 14.1. The first-order valence-electron chi connectivity index (χ1n) is 9.42. The van der Waals surface area contributed by atoms with E-state index in [4.69, 9.17) is 9.47 Å². The molecule has 1 rings (SSSR count). The quantitative estimate of drug-likeness (QED) is 0.305. The standard InChI is InChI=1S/C21H31NO4/c1-3-5-17-25-18-9-15-22(16-14-21(24)26-4-2)20(23)13-12-19-10-7-6-8-11-19/h6-8,10-13H,3-5,9,14-18H2,1-2H3/b13-12+. The SMILES string of the molecule is CCCCOCCCN(CCC(=O)OCC)C(=O)/C=C/c1ccccc1. The Balaban J connectivity index is 2.53. The van der Waals surface area contributed by atoms with Gasteiger partial charge in [-0.05, 0) is 31.4 Å². The van der Waals surface area contributed by atoms with Gasteiger partial charge in [-0.3, -0.25) is 9.59 Å². The molecule has 0 fully saturated rings. The van der Waals surface area contributed by atoms with Crippen molar-refractivity contribution in [3.63, 3.8) is 0 Å². The molecular formula is C21H31NO4. The van der Waals surface area contributed by atoms with Crippen molar-refractivity contribution in [3.8, 4) is 0 Å². The van der Waals surface area contributed by atoms with Crippen LogP contribution in [0.4, 0.5) is 0 Å². The molecule has 26 heavy (non-hydrogen) atoms. The van der Waals surface area contributed by atoms with Gasteiger partial charge in [-0.15, -0.1) is 0 Å². The molecular weight excluding hydrogens is 330 g/mol. The summed E-state index contributed by atoms with van der Waals surface area (Å²) < 4.78 is 10.5. The van der Waals surface area contributed by atoms with Crippen LogP contribution in [0.1, 0.15) is 45.1 Å². The van der Waals surface area contributed by atoms with Crippen LogP contribution in [0.2, 0.25) is 0 Å². The van der Waals surface area contributed by atoms with Crippen molar-refractivity contribution in [2.24, 2.45) is 0 Å². The Morgan fingerprint density at radius 1 is 1.04 bits per heavy atom. The van der Waals surface area contributed by atoms with E-state index in [0.29, 0.717) is 26.3 Å². The second-order valence-electron chi connectivity index (χ2n) is 5.94. The van der Waals surface area contributed by atoms with E-state index in [9.17, 15) is 9.59 Å². The summed E-state index contributed by atoms with van der Waals surface area (Å²) in [4.78, 5) is 25.8. The highest BCUT2D eigenvalue weighted by Crippen LogP contribution is 2.04. The third-order valence-electron chi connectivity index (χ3n) is 3.78. The van der Waals surface area contributed by atoms with Crippen LogP contribution in [0.3, 0.4) is 0 Å². The van der Waals surface area contributed by atoms with Crippen LogP contribution >= 0.6 is 0 Å². The van der Waals surface area contributed by atoms with E-state index < -0.39 is 0 Å². The van der Waals surface area contributed by atoms with E-state index in [1.165, 1.54) is 0 Å². The van der Waals surface area contributed by atoms with E-state index in [1.807, 2.05) is 30.3 Å². The monoisotopic (exact) mass is 361 g/mol. The van der Waals surface area contributed by atoms with Gasteiger partial charge in [0.05, 0.1) is 13.0 Å². The minimum absolute atomic E-state index is 0.105. The molecule has 0 aliphatic rings. The van der Waals surface area contributed by atoms with E-state index >= 15 is 0 Å². The zero-order valence-corrected chi connectivity index (χ0v) is 16.0. The molecule has 5 heteroatoms. The van der Waals surface area contributed by atoms with Crippen LogP contribution in [0.25, 0.3) is 6.08 Å². The van der Waals surface area contributed by atoms with Gasteiger partial charge in [0.2, 0.25) is 5.91 Å². The number of carbonyl (C=O) groups excluding carboxylic acids is 2. The molecule has 1 aromatic rings. The molecule has 0 saturated heterocycles. The molecule has 0 saturated carbocycles. The Kier molecular flexibility index (Phi) is 11.9. The molecule has 1 aromatic carbocycles. The summed E-state index contributed by atoms with van der Waals surface area (Å²) in [6, 6.07) is 9.67. The Morgan fingerprint density at radius 2 is 1.77 bits per heavy atom. The van der Waals surface area contributed by atoms with Crippen LogP contribution in [-0.4, -0.2) is 49.7 Å². The lowest BCUT2D eigenvalue weighted by atomic mass is 10.2. The fourth-order valence-electron chi connectivity index (χ4n) is 2.33. The van der Waals surface area contributed by atoms with Crippen molar-refractivity contribution in [2.45, 2.75) is 39.5 Å². The van der Waals surface area contributed by atoms with Crippen molar-refractivity contribution >= 4 is 18.0 Å². The maximum Gasteiger partial charge on any atom is 0.307 e. The van der Waals surface area contributed by atoms with Gasteiger partial charge in [-0.1, -0.05) is 43.7 Å². The summed E-state index contributed by atoms with van der Waals surface area (Å²) in [6.45, 7) is 6.53. The van der Waals surface area contributed by atoms with Crippen molar-refractivity contribution in [1.82, 2.24) is 4.90 Å². The topological polar surface area (TPSA) is 55.8 Å². The molecule has 144 valence electrons. The Bertz CT molecular complexity index is 542. The van der Waals surface area contributed by atoms with Crippen molar-refractivity contribution < 1.29 is 19.1 Å². The smallest absolute Gasteiger partial charge is 0.307 e. The van der Waals surface area contributed by atoms with E-state index in [-0.39, 0.29) is 18.3 Å². The molecule has 0 aromatic heterocycles. The number of rotatable bonds is 13. The van der Waals surface area contributed by atoms with Crippen LogP contribution in [-0.2, 0) is 19.1 Å². The number of esters is 1. The summed E-state index contributed by atoms with van der Waals surface area (Å²) in [7, 11) is 0. The largest absolute Gasteiger partial charge is 0.466 e. The average molecular weight is 361 g/mol. The van der Waals surface area contributed by atoms with E-state index in [2.05, 4.69) is 6.92 Å². The molecule has 0 bridgehead atoms. The first-order chi connectivity index (χ1) is 12.7. The molecule has 5 nitrogen and oxygen atoms in total. The Labute approximate surface area is 157 Å². The van der Waals surface area contributed by atoms with Gasteiger partial charge in [0.1, 0.15) is 0 Å². The van der Waals surface area contributed by atoms with Gasteiger partial charge in [-0.25, -0.2) is 0 Å². The molecule has 0 unspecified atom stereocenters. The fraction of sp³-hybridized carbons (Fsp3) is 0.524.